The molecule has 1 aromatic heterocycles. The molecule has 0 unspecified atom stereocenters. The summed E-state index contributed by atoms with van der Waals surface area (Å²) >= 11 is 0. The van der Waals surface area contributed by atoms with Crippen LogP contribution in [0.15, 0.2) is 18.2 Å². The topological polar surface area (TPSA) is 42.1 Å². The second-order valence-electron chi connectivity index (χ2n) is 6.66. The summed E-state index contributed by atoms with van der Waals surface area (Å²) in [6.07, 6.45) is 0.828. The van der Waals surface area contributed by atoms with Crippen LogP contribution in [0.3, 0.4) is 0 Å². The van der Waals surface area contributed by atoms with Crippen LogP contribution in [0.4, 0.5) is 5.69 Å². The fourth-order valence-electron chi connectivity index (χ4n) is 2.66. The maximum Gasteiger partial charge on any atom is 0.0758 e. The number of anilines is 1. The molecule has 0 fully saturated rings. The summed E-state index contributed by atoms with van der Waals surface area (Å²) < 4.78 is 0. The number of aromatic nitrogens is 1. The van der Waals surface area contributed by atoms with E-state index in [2.05, 4.69) is 58.0 Å². The van der Waals surface area contributed by atoms with E-state index >= 15 is 0 Å². The molecule has 2 rings (SSSR count). The van der Waals surface area contributed by atoms with Crippen molar-refractivity contribution in [3.8, 4) is 0 Å². The van der Waals surface area contributed by atoms with Crippen molar-refractivity contribution in [2.75, 3.05) is 19.0 Å². The Balaban J connectivity index is 2.76. The molecule has 20 heavy (non-hydrogen) atoms. The van der Waals surface area contributed by atoms with Crippen LogP contribution in [0.5, 0.6) is 0 Å². The first-order valence-electron chi connectivity index (χ1n) is 7.04. The minimum absolute atomic E-state index is 0.232. The summed E-state index contributed by atoms with van der Waals surface area (Å²) in [5.74, 6) is 0. The molecule has 0 amide bonds. The highest BCUT2D eigenvalue weighted by atomic mass is 15.1. The van der Waals surface area contributed by atoms with Crippen LogP contribution in [0.2, 0.25) is 0 Å². The number of hydrogen-bond acceptors (Lipinski definition) is 3. The maximum atomic E-state index is 6.21. The molecular weight excluding hydrogens is 246 g/mol. The Morgan fingerprint density at radius 1 is 1.15 bits per heavy atom. The van der Waals surface area contributed by atoms with Crippen molar-refractivity contribution in [2.45, 2.75) is 39.7 Å². The van der Waals surface area contributed by atoms with Gasteiger partial charge in [0.05, 0.1) is 5.52 Å². The van der Waals surface area contributed by atoms with Gasteiger partial charge in [-0.3, -0.25) is 4.98 Å². The molecule has 3 nitrogen and oxygen atoms in total. The van der Waals surface area contributed by atoms with Gasteiger partial charge in [0.25, 0.3) is 0 Å². The van der Waals surface area contributed by atoms with E-state index in [0.29, 0.717) is 0 Å². The first-order valence-corrected chi connectivity index (χ1v) is 7.04. The van der Waals surface area contributed by atoms with Gasteiger partial charge < -0.3 is 10.6 Å². The standard InChI is InChI=1S/C17H25N3/c1-11-7-13(10-17(3,4)18)16-14(8-11)15(20(5)6)9-12(2)19-16/h7-9H,10,18H2,1-6H3. The van der Waals surface area contributed by atoms with Crippen LogP contribution in [-0.2, 0) is 6.42 Å². The lowest BCUT2D eigenvalue weighted by molar-refractivity contribution is 0.518. The number of nitrogens with two attached hydrogens (primary N) is 1. The third-order valence-corrected chi connectivity index (χ3v) is 3.37. The van der Waals surface area contributed by atoms with E-state index in [1.807, 2.05) is 6.92 Å². The molecule has 0 saturated heterocycles. The zero-order chi connectivity index (χ0) is 15.1. The van der Waals surface area contributed by atoms with Crippen LogP contribution < -0.4 is 10.6 Å². The average Bonchev–Trinajstić information content (AvgIpc) is 2.27. The molecule has 1 aromatic carbocycles. The second-order valence-corrected chi connectivity index (χ2v) is 6.66. The molecule has 3 heteroatoms. The van der Waals surface area contributed by atoms with E-state index < -0.39 is 0 Å². The van der Waals surface area contributed by atoms with E-state index in [-0.39, 0.29) is 5.54 Å². The van der Waals surface area contributed by atoms with Crippen molar-refractivity contribution in [1.29, 1.82) is 0 Å². The number of benzene rings is 1. The molecule has 0 aliphatic heterocycles. The highest BCUT2D eigenvalue weighted by Crippen LogP contribution is 2.30. The molecular formula is C17H25N3. The minimum atomic E-state index is -0.232. The van der Waals surface area contributed by atoms with Crippen LogP contribution in [-0.4, -0.2) is 24.6 Å². The Bertz CT molecular complexity index is 637. The molecule has 0 aliphatic carbocycles. The maximum absolute atomic E-state index is 6.21. The van der Waals surface area contributed by atoms with Gasteiger partial charge in [0.1, 0.15) is 0 Å². The van der Waals surface area contributed by atoms with Gasteiger partial charge in [-0.1, -0.05) is 11.6 Å². The smallest absolute Gasteiger partial charge is 0.0758 e. The lowest BCUT2D eigenvalue weighted by Gasteiger charge is -2.22. The van der Waals surface area contributed by atoms with E-state index in [1.165, 1.54) is 22.2 Å². The number of pyridine rings is 1. The molecule has 0 radical (unpaired) electrons. The summed E-state index contributed by atoms with van der Waals surface area (Å²) in [7, 11) is 4.15. The van der Waals surface area contributed by atoms with E-state index in [4.69, 9.17) is 10.7 Å². The molecule has 2 aromatic rings. The summed E-state index contributed by atoms with van der Waals surface area (Å²) in [6, 6.07) is 6.56. The third kappa shape index (κ3) is 3.10. The zero-order valence-electron chi connectivity index (χ0n) is 13.4. The van der Waals surface area contributed by atoms with Gasteiger partial charge in [0, 0.05) is 36.4 Å². The normalized spacial score (nSPS) is 11.9. The van der Waals surface area contributed by atoms with Crippen LogP contribution in [0, 0.1) is 13.8 Å². The van der Waals surface area contributed by atoms with Gasteiger partial charge in [0.15, 0.2) is 0 Å². The number of nitrogens with zero attached hydrogens (tertiary/aromatic N) is 2. The summed E-state index contributed by atoms with van der Waals surface area (Å²) in [5, 5.41) is 1.21. The number of aryl methyl sites for hydroxylation is 2. The molecule has 108 valence electrons. The van der Waals surface area contributed by atoms with Crippen molar-refractivity contribution >= 4 is 16.6 Å². The van der Waals surface area contributed by atoms with E-state index in [9.17, 15) is 0 Å². The predicted molar refractivity (Wildman–Crippen MR) is 87.5 cm³/mol. The Morgan fingerprint density at radius 2 is 1.80 bits per heavy atom. The zero-order valence-corrected chi connectivity index (χ0v) is 13.4. The molecule has 0 saturated carbocycles. The lowest BCUT2D eigenvalue weighted by Crippen LogP contribution is -2.34. The van der Waals surface area contributed by atoms with Crippen LogP contribution in [0.1, 0.15) is 30.7 Å². The molecule has 2 N–H and O–H groups in total. The van der Waals surface area contributed by atoms with Crippen molar-refractivity contribution in [3.05, 3.63) is 35.0 Å². The van der Waals surface area contributed by atoms with Crippen molar-refractivity contribution in [3.63, 3.8) is 0 Å². The minimum Gasteiger partial charge on any atom is -0.377 e. The van der Waals surface area contributed by atoms with Gasteiger partial charge in [-0.2, -0.15) is 0 Å². The lowest BCUT2D eigenvalue weighted by atomic mass is 9.92. The molecule has 0 aliphatic rings. The average molecular weight is 271 g/mol. The highest BCUT2D eigenvalue weighted by molar-refractivity contribution is 5.94. The summed E-state index contributed by atoms with van der Waals surface area (Å²) in [6.45, 7) is 8.29. The van der Waals surface area contributed by atoms with Crippen LogP contribution in [0.25, 0.3) is 10.9 Å². The number of fused-ring (bicyclic) bond motifs is 1. The van der Waals surface area contributed by atoms with Gasteiger partial charge in [-0.15, -0.1) is 0 Å². The van der Waals surface area contributed by atoms with E-state index in [1.54, 1.807) is 0 Å². The van der Waals surface area contributed by atoms with Gasteiger partial charge in [0.2, 0.25) is 0 Å². The quantitative estimate of drug-likeness (QED) is 0.932. The highest BCUT2D eigenvalue weighted by Gasteiger charge is 2.17. The monoisotopic (exact) mass is 271 g/mol. The fourth-order valence-corrected chi connectivity index (χ4v) is 2.66. The largest absolute Gasteiger partial charge is 0.377 e. The SMILES string of the molecule is Cc1cc(CC(C)(C)N)c2nc(C)cc(N(C)C)c2c1. The summed E-state index contributed by atoms with van der Waals surface area (Å²) in [5.41, 5.74) is 11.8. The second kappa shape index (κ2) is 5.06. The molecule has 1 heterocycles. The Labute approximate surface area is 121 Å². The number of hydrogen-bond donors (Lipinski definition) is 1. The molecule has 0 spiro atoms. The third-order valence-electron chi connectivity index (χ3n) is 3.37. The molecule has 0 bridgehead atoms. The predicted octanol–water partition coefficient (Wildman–Crippen LogP) is 3.20. The first-order chi connectivity index (χ1) is 9.17. The Hall–Kier alpha value is -1.61. The van der Waals surface area contributed by atoms with E-state index in [0.717, 1.165) is 17.6 Å². The van der Waals surface area contributed by atoms with Crippen molar-refractivity contribution in [2.24, 2.45) is 5.73 Å². The van der Waals surface area contributed by atoms with Gasteiger partial charge in [-0.25, -0.2) is 0 Å². The van der Waals surface area contributed by atoms with Crippen molar-refractivity contribution in [1.82, 2.24) is 4.98 Å². The van der Waals surface area contributed by atoms with Crippen molar-refractivity contribution < 1.29 is 0 Å². The van der Waals surface area contributed by atoms with Gasteiger partial charge in [-0.05, 0) is 51.8 Å². The Morgan fingerprint density at radius 3 is 2.35 bits per heavy atom. The first kappa shape index (κ1) is 14.8. The summed E-state index contributed by atoms with van der Waals surface area (Å²) in [4.78, 5) is 6.91. The van der Waals surface area contributed by atoms with Crippen LogP contribution >= 0.6 is 0 Å². The Kier molecular flexibility index (Phi) is 3.74. The number of rotatable bonds is 3. The van der Waals surface area contributed by atoms with Gasteiger partial charge >= 0.3 is 0 Å². The fraction of sp³-hybridized carbons (Fsp3) is 0.471. The molecule has 0 atom stereocenters.